The van der Waals surface area contributed by atoms with E-state index in [0.717, 1.165) is 25.0 Å². The van der Waals surface area contributed by atoms with Gasteiger partial charge >= 0.3 is 0 Å². The zero-order valence-corrected chi connectivity index (χ0v) is 10.7. The Morgan fingerprint density at radius 1 is 1.33 bits per heavy atom. The van der Waals surface area contributed by atoms with Crippen molar-refractivity contribution in [3.8, 4) is 0 Å². The molecule has 5 heteroatoms. The van der Waals surface area contributed by atoms with Crippen LogP contribution in [0.15, 0.2) is 29.1 Å². The topological polar surface area (TPSA) is 61.0 Å². The maximum Gasteiger partial charge on any atom is 0.260 e. The van der Waals surface area contributed by atoms with Gasteiger partial charge in [-0.2, -0.15) is 0 Å². The number of rotatable bonds is 5. The van der Waals surface area contributed by atoms with Gasteiger partial charge in [-0.1, -0.05) is 12.1 Å². The Labute approximate surface area is 106 Å². The maximum atomic E-state index is 11.8. The Morgan fingerprint density at radius 3 is 2.89 bits per heavy atom. The van der Waals surface area contributed by atoms with Gasteiger partial charge in [0.1, 0.15) is 0 Å². The van der Waals surface area contributed by atoms with Gasteiger partial charge in [0.25, 0.3) is 5.56 Å². The van der Waals surface area contributed by atoms with Crippen LogP contribution in [0, 0.1) is 0 Å². The van der Waals surface area contributed by atoms with Crippen LogP contribution in [0.5, 0.6) is 0 Å². The van der Waals surface area contributed by atoms with Crippen molar-refractivity contribution in [3.63, 3.8) is 0 Å². The molecule has 0 saturated carbocycles. The zero-order chi connectivity index (χ0) is 13.0. The minimum absolute atomic E-state index is 0.101. The van der Waals surface area contributed by atoms with E-state index in [-0.39, 0.29) is 5.56 Å². The Kier molecular flexibility index (Phi) is 3.94. The highest BCUT2D eigenvalue weighted by Crippen LogP contribution is 2.07. The zero-order valence-electron chi connectivity index (χ0n) is 10.7. The van der Waals surface area contributed by atoms with Crippen molar-refractivity contribution in [1.29, 1.82) is 0 Å². The van der Waals surface area contributed by atoms with Crippen LogP contribution in [0.25, 0.3) is 10.9 Å². The second kappa shape index (κ2) is 5.64. The van der Waals surface area contributed by atoms with Crippen LogP contribution in [-0.2, 0) is 0 Å². The Hall–Kier alpha value is -1.88. The first-order chi connectivity index (χ1) is 8.66. The molecule has 0 atom stereocenters. The number of benzene rings is 1. The molecule has 0 amide bonds. The van der Waals surface area contributed by atoms with Gasteiger partial charge in [0.2, 0.25) is 5.95 Å². The second-order valence-corrected chi connectivity index (χ2v) is 4.52. The molecule has 5 nitrogen and oxygen atoms in total. The number of aromatic nitrogens is 2. The van der Waals surface area contributed by atoms with Crippen molar-refractivity contribution in [1.82, 2.24) is 14.9 Å². The molecular formula is C13H18N4O. The van der Waals surface area contributed by atoms with E-state index in [0.29, 0.717) is 11.3 Å². The SMILES string of the molecule is CN(C)CCCNc1nc2ccccc2c(=O)[nH]1. The van der Waals surface area contributed by atoms with Gasteiger partial charge in [-0.3, -0.25) is 9.78 Å². The molecule has 0 bridgehead atoms. The first-order valence-electron chi connectivity index (χ1n) is 6.04. The fraction of sp³-hybridized carbons (Fsp3) is 0.385. The molecule has 0 aliphatic carbocycles. The first-order valence-corrected chi connectivity index (χ1v) is 6.04. The van der Waals surface area contributed by atoms with Gasteiger partial charge < -0.3 is 10.2 Å². The lowest BCUT2D eigenvalue weighted by Crippen LogP contribution is -2.18. The van der Waals surface area contributed by atoms with Gasteiger partial charge in [-0.05, 0) is 39.2 Å². The molecule has 2 rings (SSSR count). The summed E-state index contributed by atoms with van der Waals surface area (Å²) < 4.78 is 0. The summed E-state index contributed by atoms with van der Waals surface area (Å²) in [5, 5.41) is 3.76. The van der Waals surface area contributed by atoms with Gasteiger partial charge in [0.05, 0.1) is 10.9 Å². The molecule has 0 aliphatic rings. The van der Waals surface area contributed by atoms with Gasteiger partial charge in [-0.15, -0.1) is 0 Å². The fourth-order valence-electron chi connectivity index (χ4n) is 1.77. The first kappa shape index (κ1) is 12.6. The fourth-order valence-corrected chi connectivity index (χ4v) is 1.77. The molecule has 1 aromatic carbocycles. The highest BCUT2D eigenvalue weighted by molar-refractivity contribution is 5.78. The summed E-state index contributed by atoms with van der Waals surface area (Å²) in [6.07, 6.45) is 1.00. The van der Waals surface area contributed by atoms with E-state index in [9.17, 15) is 4.79 Å². The van der Waals surface area contributed by atoms with Crippen LogP contribution in [0.2, 0.25) is 0 Å². The van der Waals surface area contributed by atoms with E-state index < -0.39 is 0 Å². The Balaban J connectivity index is 2.08. The van der Waals surface area contributed by atoms with Crippen LogP contribution >= 0.6 is 0 Å². The number of H-pyrrole nitrogens is 1. The highest BCUT2D eigenvalue weighted by atomic mass is 16.1. The van der Waals surface area contributed by atoms with Gasteiger partial charge in [0.15, 0.2) is 0 Å². The average molecular weight is 246 g/mol. The Morgan fingerprint density at radius 2 is 2.11 bits per heavy atom. The molecule has 2 aromatic rings. The summed E-state index contributed by atoms with van der Waals surface area (Å²) in [5.74, 6) is 0.539. The number of hydrogen-bond donors (Lipinski definition) is 2. The minimum atomic E-state index is -0.101. The normalized spacial score (nSPS) is 11.1. The summed E-state index contributed by atoms with van der Waals surface area (Å²) in [4.78, 5) is 21.0. The number of para-hydroxylation sites is 1. The number of hydrogen-bond acceptors (Lipinski definition) is 4. The monoisotopic (exact) mass is 246 g/mol. The van der Waals surface area contributed by atoms with E-state index in [2.05, 4.69) is 20.2 Å². The standard InChI is InChI=1S/C13H18N4O/c1-17(2)9-5-8-14-13-15-11-7-4-3-6-10(11)12(18)16-13/h3-4,6-7H,5,8-9H2,1-2H3,(H2,14,15,16,18). The van der Waals surface area contributed by atoms with Crippen molar-refractivity contribution in [2.45, 2.75) is 6.42 Å². The molecular weight excluding hydrogens is 228 g/mol. The van der Waals surface area contributed by atoms with Crippen molar-refractivity contribution in [3.05, 3.63) is 34.6 Å². The summed E-state index contributed by atoms with van der Waals surface area (Å²) in [6, 6.07) is 7.33. The molecule has 96 valence electrons. The second-order valence-electron chi connectivity index (χ2n) is 4.52. The van der Waals surface area contributed by atoms with Crippen molar-refractivity contribution < 1.29 is 0 Å². The number of aromatic amines is 1. The third-order valence-electron chi connectivity index (χ3n) is 2.69. The molecule has 0 saturated heterocycles. The molecule has 1 heterocycles. The molecule has 0 fully saturated rings. The van der Waals surface area contributed by atoms with Gasteiger partial charge in [-0.25, -0.2) is 4.98 Å². The molecule has 0 aliphatic heterocycles. The molecule has 0 spiro atoms. The molecule has 0 radical (unpaired) electrons. The van der Waals surface area contributed by atoms with Crippen LogP contribution in [0.1, 0.15) is 6.42 Å². The largest absolute Gasteiger partial charge is 0.356 e. The van der Waals surface area contributed by atoms with E-state index in [4.69, 9.17) is 0 Å². The lowest BCUT2D eigenvalue weighted by molar-refractivity contribution is 0.405. The predicted octanol–water partition coefficient (Wildman–Crippen LogP) is 1.29. The van der Waals surface area contributed by atoms with Crippen molar-refractivity contribution in [2.75, 3.05) is 32.5 Å². The van der Waals surface area contributed by atoms with Crippen LogP contribution < -0.4 is 10.9 Å². The summed E-state index contributed by atoms with van der Waals surface area (Å²) in [7, 11) is 4.08. The minimum Gasteiger partial charge on any atom is -0.356 e. The predicted molar refractivity (Wildman–Crippen MR) is 74.0 cm³/mol. The Bertz CT molecular complexity index is 576. The number of nitrogens with one attached hydrogen (secondary N) is 2. The molecule has 0 unspecified atom stereocenters. The lowest BCUT2D eigenvalue weighted by Gasteiger charge is -2.10. The number of nitrogens with zero attached hydrogens (tertiary/aromatic N) is 2. The summed E-state index contributed by atoms with van der Waals surface area (Å²) >= 11 is 0. The lowest BCUT2D eigenvalue weighted by atomic mass is 10.2. The van der Waals surface area contributed by atoms with Gasteiger partial charge in [0, 0.05) is 6.54 Å². The van der Waals surface area contributed by atoms with E-state index in [1.807, 2.05) is 32.3 Å². The van der Waals surface area contributed by atoms with E-state index >= 15 is 0 Å². The van der Waals surface area contributed by atoms with Crippen LogP contribution in [-0.4, -0.2) is 42.1 Å². The molecule has 18 heavy (non-hydrogen) atoms. The number of fused-ring (bicyclic) bond motifs is 1. The molecule has 2 N–H and O–H groups in total. The van der Waals surface area contributed by atoms with E-state index in [1.54, 1.807) is 6.07 Å². The van der Waals surface area contributed by atoms with Crippen LogP contribution in [0.3, 0.4) is 0 Å². The molecule has 1 aromatic heterocycles. The number of anilines is 1. The quantitative estimate of drug-likeness (QED) is 0.780. The van der Waals surface area contributed by atoms with E-state index in [1.165, 1.54) is 0 Å². The highest BCUT2D eigenvalue weighted by Gasteiger charge is 2.02. The third-order valence-corrected chi connectivity index (χ3v) is 2.69. The third kappa shape index (κ3) is 3.07. The average Bonchev–Trinajstić information content (AvgIpc) is 2.35. The summed E-state index contributed by atoms with van der Waals surface area (Å²) in [5.41, 5.74) is 0.618. The summed E-state index contributed by atoms with van der Waals surface area (Å²) in [6.45, 7) is 1.80. The maximum absolute atomic E-state index is 11.8. The van der Waals surface area contributed by atoms with Crippen molar-refractivity contribution >= 4 is 16.9 Å². The van der Waals surface area contributed by atoms with Crippen molar-refractivity contribution in [2.24, 2.45) is 0 Å². The van der Waals surface area contributed by atoms with Crippen LogP contribution in [0.4, 0.5) is 5.95 Å². The smallest absolute Gasteiger partial charge is 0.260 e.